The van der Waals surface area contributed by atoms with E-state index >= 15 is 0 Å². The van der Waals surface area contributed by atoms with Crippen LogP contribution < -0.4 is 10.1 Å². The molecule has 27 heavy (non-hydrogen) atoms. The Kier molecular flexibility index (Phi) is 7.41. The van der Waals surface area contributed by atoms with Gasteiger partial charge in [0.1, 0.15) is 0 Å². The maximum absolute atomic E-state index is 14.1. The van der Waals surface area contributed by atoms with Gasteiger partial charge in [0.2, 0.25) is 0 Å². The van der Waals surface area contributed by atoms with Gasteiger partial charge in [0.25, 0.3) is 0 Å². The smallest absolute Gasteiger partial charge is 0.422 e. The largest absolute Gasteiger partial charge is 0.481 e. The Balaban J connectivity index is 0.00000261. The second kappa shape index (κ2) is 9.34. The molecule has 0 saturated carbocycles. The SMILES string of the molecule is Cl.Fc1cc(CN2CCNCC2c2ccncc2)ccc1OCC(F)(F)F. The number of aromatic nitrogens is 1. The number of alkyl halides is 3. The average molecular weight is 406 g/mol. The summed E-state index contributed by atoms with van der Waals surface area (Å²) in [6.07, 6.45) is -1.03. The molecule has 1 aliphatic heterocycles. The molecule has 0 radical (unpaired) electrons. The van der Waals surface area contributed by atoms with Crippen molar-refractivity contribution >= 4 is 12.4 Å². The van der Waals surface area contributed by atoms with Gasteiger partial charge in [-0.3, -0.25) is 9.88 Å². The summed E-state index contributed by atoms with van der Waals surface area (Å²) in [5.74, 6) is -1.18. The molecule has 2 heterocycles. The van der Waals surface area contributed by atoms with Crippen LogP contribution in [0.1, 0.15) is 17.2 Å². The molecule has 1 N–H and O–H groups in total. The van der Waals surface area contributed by atoms with E-state index in [9.17, 15) is 17.6 Å². The monoisotopic (exact) mass is 405 g/mol. The van der Waals surface area contributed by atoms with Gasteiger partial charge < -0.3 is 10.1 Å². The van der Waals surface area contributed by atoms with Gasteiger partial charge in [-0.2, -0.15) is 13.2 Å². The number of hydrogen-bond acceptors (Lipinski definition) is 4. The molecule has 4 nitrogen and oxygen atoms in total. The molecule has 1 unspecified atom stereocenters. The molecule has 0 bridgehead atoms. The number of piperazine rings is 1. The Bertz CT molecular complexity index is 730. The molecule has 0 spiro atoms. The molecule has 1 aromatic carbocycles. The second-order valence-corrected chi connectivity index (χ2v) is 6.14. The first kappa shape index (κ1) is 21.4. The highest BCUT2D eigenvalue weighted by Crippen LogP contribution is 2.26. The van der Waals surface area contributed by atoms with Gasteiger partial charge in [-0.25, -0.2) is 4.39 Å². The predicted octanol–water partition coefficient (Wildman–Crippen LogP) is 3.73. The first-order valence-electron chi connectivity index (χ1n) is 8.25. The van der Waals surface area contributed by atoms with Crippen molar-refractivity contribution in [2.24, 2.45) is 0 Å². The molecular weight excluding hydrogens is 386 g/mol. The van der Waals surface area contributed by atoms with Crippen LogP contribution in [0.15, 0.2) is 42.7 Å². The summed E-state index contributed by atoms with van der Waals surface area (Å²) in [5.41, 5.74) is 1.79. The maximum atomic E-state index is 14.1. The molecular formula is C18H20ClF4N3O. The molecule has 1 saturated heterocycles. The van der Waals surface area contributed by atoms with E-state index in [0.717, 1.165) is 25.2 Å². The summed E-state index contributed by atoms with van der Waals surface area (Å²) >= 11 is 0. The fraction of sp³-hybridized carbons (Fsp3) is 0.389. The number of benzene rings is 1. The molecule has 0 amide bonds. The van der Waals surface area contributed by atoms with Gasteiger partial charge in [0.15, 0.2) is 18.2 Å². The van der Waals surface area contributed by atoms with Crippen LogP contribution in [0, 0.1) is 5.82 Å². The van der Waals surface area contributed by atoms with E-state index in [-0.39, 0.29) is 18.4 Å². The number of rotatable bonds is 5. The van der Waals surface area contributed by atoms with Gasteiger partial charge in [-0.1, -0.05) is 6.07 Å². The third kappa shape index (κ3) is 6.05. The van der Waals surface area contributed by atoms with Gasteiger partial charge in [0, 0.05) is 44.6 Å². The Hall–Kier alpha value is -1.90. The Morgan fingerprint density at radius 3 is 2.59 bits per heavy atom. The normalized spacial score (nSPS) is 18.0. The Morgan fingerprint density at radius 1 is 1.19 bits per heavy atom. The quantitative estimate of drug-likeness (QED) is 0.769. The summed E-state index contributed by atoms with van der Waals surface area (Å²) in [6, 6.07) is 8.09. The minimum Gasteiger partial charge on any atom is -0.481 e. The van der Waals surface area contributed by atoms with Crippen LogP contribution in [0.4, 0.5) is 17.6 Å². The fourth-order valence-corrected chi connectivity index (χ4v) is 3.00. The van der Waals surface area contributed by atoms with E-state index in [4.69, 9.17) is 0 Å². The first-order chi connectivity index (χ1) is 12.4. The molecule has 1 aromatic heterocycles. The molecule has 1 fully saturated rings. The van der Waals surface area contributed by atoms with Crippen LogP contribution >= 0.6 is 12.4 Å². The fourth-order valence-electron chi connectivity index (χ4n) is 3.00. The van der Waals surface area contributed by atoms with E-state index in [1.54, 1.807) is 18.5 Å². The highest BCUT2D eigenvalue weighted by molar-refractivity contribution is 5.85. The third-order valence-electron chi connectivity index (χ3n) is 4.22. The lowest BCUT2D eigenvalue weighted by molar-refractivity contribution is -0.153. The summed E-state index contributed by atoms with van der Waals surface area (Å²) in [4.78, 5) is 6.23. The van der Waals surface area contributed by atoms with Gasteiger partial charge in [0.05, 0.1) is 0 Å². The standard InChI is InChI=1S/C18H19F4N3O.ClH/c19-15-9-13(1-2-17(15)26-12-18(20,21)22)11-25-8-7-24-10-16(25)14-3-5-23-6-4-14;/h1-6,9,16,24H,7-8,10-12H2;1H. The van der Waals surface area contributed by atoms with E-state index in [1.807, 2.05) is 12.1 Å². The highest BCUT2D eigenvalue weighted by Gasteiger charge is 2.29. The predicted molar refractivity (Wildman–Crippen MR) is 95.5 cm³/mol. The first-order valence-corrected chi connectivity index (χ1v) is 8.25. The number of ether oxygens (including phenoxy) is 1. The lowest BCUT2D eigenvalue weighted by Gasteiger charge is -2.36. The molecule has 148 valence electrons. The summed E-state index contributed by atoms with van der Waals surface area (Å²) in [5, 5.41) is 3.34. The maximum Gasteiger partial charge on any atom is 0.422 e. The Morgan fingerprint density at radius 2 is 1.93 bits per heavy atom. The van der Waals surface area contributed by atoms with E-state index in [0.29, 0.717) is 12.1 Å². The van der Waals surface area contributed by atoms with Crippen LogP contribution in [-0.4, -0.2) is 42.3 Å². The van der Waals surface area contributed by atoms with Crippen LogP contribution in [0.2, 0.25) is 0 Å². The number of nitrogens with one attached hydrogen (secondary N) is 1. The van der Waals surface area contributed by atoms with Crippen molar-refractivity contribution in [3.63, 3.8) is 0 Å². The Labute approximate surface area is 160 Å². The lowest BCUT2D eigenvalue weighted by Crippen LogP contribution is -2.45. The lowest BCUT2D eigenvalue weighted by atomic mass is 10.0. The molecule has 1 aliphatic rings. The summed E-state index contributed by atoms with van der Waals surface area (Å²) in [6.45, 7) is 1.34. The minimum atomic E-state index is -4.50. The van der Waals surface area contributed by atoms with E-state index in [1.165, 1.54) is 12.1 Å². The van der Waals surface area contributed by atoms with Crippen LogP contribution in [0.3, 0.4) is 0 Å². The molecule has 0 aliphatic carbocycles. The van der Waals surface area contributed by atoms with Crippen molar-refractivity contribution in [2.45, 2.75) is 18.8 Å². The van der Waals surface area contributed by atoms with Crippen molar-refractivity contribution in [2.75, 3.05) is 26.2 Å². The molecule has 9 heteroatoms. The average Bonchev–Trinajstić information content (AvgIpc) is 2.61. The number of nitrogens with zero attached hydrogens (tertiary/aromatic N) is 2. The second-order valence-electron chi connectivity index (χ2n) is 6.14. The zero-order chi connectivity index (χ0) is 18.6. The zero-order valence-electron chi connectivity index (χ0n) is 14.4. The molecule has 3 rings (SSSR count). The van der Waals surface area contributed by atoms with Crippen LogP contribution in [0.5, 0.6) is 5.75 Å². The highest BCUT2D eigenvalue weighted by atomic mass is 35.5. The van der Waals surface area contributed by atoms with Crippen LogP contribution in [0.25, 0.3) is 0 Å². The number of pyridine rings is 1. The third-order valence-corrected chi connectivity index (χ3v) is 4.22. The van der Waals surface area contributed by atoms with Gasteiger partial charge in [-0.05, 0) is 35.4 Å². The van der Waals surface area contributed by atoms with Crippen molar-refractivity contribution < 1.29 is 22.3 Å². The van der Waals surface area contributed by atoms with Gasteiger partial charge >= 0.3 is 6.18 Å². The minimum absolute atomic E-state index is 0. The van der Waals surface area contributed by atoms with Gasteiger partial charge in [-0.15, -0.1) is 12.4 Å². The van der Waals surface area contributed by atoms with E-state index in [2.05, 4.69) is 19.9 Å². The van der Waals surface area contributed by atoms with Crippen molar-refractivity contribution in [1.29, 1.82) is 0 Å². The summed E-state index contributed by atoms with van der Waals surface area (Å²) < 4.78 is 55.2. The molecule has 2 aromatic rings. The van der Waals surface area contributed by atoms with Crippen LogP contribution in [-0.2, 0) is 6.54 Å². The summed E-state index contributed by atoms with van der Waals surface area (Å²) in [7, 11) is 0. The topological polar surface area (TPSA) is 37.4 Å². The van der Waals surface area contributed by atoms with Crippen molar-refractivity contribution in [1.82, 2.24) is 15.2 Å². The van der Waals surface area contributed by atoms with Crippen molar-refractivity contribution in [3.8, 4) is 5.75 Å². The van der Waals surface area contributed by atoms with Crippen molar-refractivity contribution in [3.05, 3.63) is 59.7 Å². The molecule has 1 atom stereocenters. The zero-order valence-corrected chi connectivity index (χ0v) is 15.2. The van der Waals surface area contributed by atoms with E-state index < -0.39 is 24.3 Å². The number of hydrogen-bond donors (Lipinski definition) is 1. The number of halogens is 5.